The van der Waals surface area contributed by atoms with Crippen LogP contribution in [0.4, 0.5) is 0 Å². The lowest BCUT2D eigenvalue weighted by atomic mass is 9.58. The number of aryl methyl sites for hydroxylation is 1. The largest absolute Gasteiger partial charge is 0.378 e. The zero-order chi connectivity index (χ0) is 18.1. The fourth-order valence-electron chi connectivity index (χ4n) is 3.91. The predicted octanol–water partition coefficient (Wildman–Crippen LogP) is 2.83. The van der Waals surface area contributed by atoms with Gasteiger partial charge in [-0.1, -0.05) is 13.8 Å². The highest BCUT2D eigenvalue weighted by molar-refractivity contribution is 14.0. The molecule has 1 heterocycles. The summed E-state index contributed by atoms with van der Waals surface area (Å²) in [5, 5.41) is 14.7. The van der Waals surface area contributed by atoms with Crippen molar-refractivity contribution in [3.63, 3.8) is 0 Å². The topological polar surface area (TPSA) is 76.4 Å². The zero-order valence-corrected chi connectivity index (χ0v) is 18.9. The Bertz CT molecular complexity index is 518. The first-order valence-corrected chi connectivity index (χ1v) is 9.61. The molecule has 26 heavy (non-hydrogen) atoms. The van der Waals surface area contributed by atoms with Gasteiger partial charge in [-0.15, -0.1) is 34.2 Å². The maximum Gasteiger partial charge on any atom is 0.191 e. The van der Waals surface area contributed by atoms with Crippen molar-refractivity contribution in [2.45, 2.75) is 71.6 Å². The van der Waals surface area contributed by atoms with Crippen molar-refractivity contribution in [2.24, 2.45) is 10.4 Å². The molecule has 0 saturated heterocycles. The summed E-state index contributed by atoms with van der Waals surface area (Å²) in [6.07, 6.45) is 9.37. The normalized spacial score (nSPS) is 21.6. The number of halogens is 1. The van der Waals surface area contributed by atoms with Crippen molar-refractivity contribution >= 4 is 29.9 Å². The number of hydrogen-bond donors (Lipinski definition) is 2. The summed E-state index contributed by atoms with van der Waals surface area (Å²) in [4.78, 5) is 4.39. The monoisotopic (exact) mass is 478 g/mol. The van der Waals surface area contributed by atoms with Crippen molar-refractivity contribution in [1.82, 2.24) is 25.4 Å². The summed E-state index contributed by atoms with van der Waals surface area (Å²) in [5.74, 6) is 0.899. The molecule has 1 aliphatic rings. The van der Waals surface area contributed by atoms with Crippen molar-refractivity contribution in [1.29, 1.82) is 0 Å². The summed E-state index contributed by atoms with van der Waals surface area (Å²) in [6.45, 7) is 9.27. The first-order chi connectivity index (χ1) is 12.2. The molecule has 150 valence electrons. The van der Waals surface area contributed by atoms with Gasteiger partial charge in [0.1, 0.15) is 12.7 Å². The van der Waals surface area contributed by atoms with Gasteiger partial charge in [0.15, 0.2) is 5.96 Å². The Balaban J connectivity index is 0.00000338. The highest BCUT2D eigenvalue weighted by Gasteiger charge is 2.53. The molecule has 1 aliphatic carbocycles. The molecule has 1 saturated carbocycles. The van der Waals surface area contributed by atoms with E-state index >= 15 is 0 Å². The van der Waals surface area contributed by atoms with E-state index in [1.165, 1.54) is 0 Å². The van der Waals surface area contributed by atoms with Gasteiger partial charge in [0.2, 0.25) is 0 Å². The van der Waals surface area contributed by atoms with E-state index in [2.05, 4.69) is 46.6 Å². The van der Waals surface area contributed by atoms with Crippen LogP contribution in [-0.2, 0) is 11.3 Å². The summed E-state index contributed by atoms with van der Waals surface area (Å²) in [5.41, 5.74) is 0.224. The minimum absolute atomic E-state index is 0. The Morgan fingerprint density at radius 1 is 1.23 bits per heavy atom. The number of rotatable bonds is 10. The van der Waals surface area contributed by atoms with E-state index in [1.807, 2.05) is 11.6 Å². The van der Waals surface area contributed by atoms with Gasteiger partial charge in [-0.3, -0.25) is 4.99 Å². The van der Waals surface area contributed by atoms with Gasteiger partial charge in [-0.25, -0.2) is 0 Å². The number of nitrogens with zero attached hydrogens (tertiary/aromatic N) is 4. The van der Waals surface area contributed by atoms with Crippen LogP contribution in [-0.4, -0.2) is 53.1 Å². The molecular weight excluding hydrogens is 443 g/mol. The van der Waals surface area contributed by atoms with Crippen LogP contribution >= 0.6 is 24.0 Å². The van der Waals surface area contributed by atoms with E-state index in [4.69, 9.17) is 4.74 Å². The molecule has 2 rings (SSSR count). The number of aliphatic imine (C=N–C) groups is 1. The number of nitrogens with one attached hydrogen (secondary N) is 2. The maximum absolute atomic E-state index is 5.96. The molecule has 7 nitrogen and oxygen atoms in total. The number of hydrogen-bond acceptors (Lipinski definition) is 4. The Labute approximate surface area is 174 Å². The van der Waals surface area contributed by atoms with Gasteiger partial charge in [0, 0.05) is 38.2 Å². The number of unbranched alkanes of at least 4 members (excludes halogenated alkanes) is 1. The first kappa shape index (κ1) is 23.1. The van der Waals surface area contributed by atoms with Crippen molar-refractivity contribution in [3.8, 4) is 0 Å². The summed E-state index contributed by atoms with van der Waals surface area (Å²) >= 11 is 0. The van der Waals surface area contributed by atoms with Crippen LogP contribution < -0.4 is 10.6 Å². The average Bonchev–Trinajstić information content (AvgIpc) is 3.13. The minimum Gasteiger partial charge on any atom is -0.378 e. The van der Waals surface area contributed by atoms with E-state index in [0.717, 1.165) is 57.8 Å². The lowest BCUT2D eigenvalue weighted by Crippen LogP contribution is -2.65. The quantitative estimate of drug-likeness (QED) is 0.234. The molecule has 0 amide bonds. The van der Waals surface area contributed by atoms with Gasteiger partial charge in [-0.05, 0) is 39.0 Å². The SMILES string of the molecule is CCOC1CC(NC(=NC)NCCCCn2cnnc2)C1(CC)CC.I. The number of guanidine groups is 1. The van der Waals surface area contributed by atoms with Crippen LogP contribution in [0.25, 0.3) is 0 Å². The molecule has 0 aliphatic heterocycles. The minimum atomic E-state index is 0. The molecule has 0 spiro atoms. The van der Waals surface area contributed by atoms with E-state index in [0.29, 0.717) is 12.1 Å². The van der Waals surface area contributed by atoms with E-state index in [9.17, 15) is 0 Å². The molecule has 8 heteroatoms. The molecule has 1 fully saturated rings. The molecule has 0 aromatic carbocycles. The van der Waals surface area contributed by atoms with Crippen LogP contribution in [0.5, 0.6) is 0 Å². The van der Waals surface area contributed by atoms with Crippen LogP contribution in [0, 0.1) is 5.41 Å². The van der Waals surface area contributed by atoms with Crippen molar-refractivity contribution in [2.75, 3.05) is 20.2 Å². The second-order valence-corrected chi connectivity index (χ2v) is 6.72. The molecule has 1 aromatic heterocycles. The second kappa shape index (κ2) is 11.7. The number of ether oxygens (including phenoxy) is 1. The smallest absolute Gasteiger partial charge is 0.191 e. The van der Waals surface area contributed by atoms with Crippen LogP contribution in [0.15, 0.2) is 17.6 Å². The molecule has 1 aromatic rings. The van der Waals surface area contributed by atoms with Gasteiger partial charge in [-0.2, -0.15) is 0 Å². The van der Waals surface area contributed by atoms with E-state index in [-0.39, 0.29) is 29.4 Å². The van der Waals surface area contributed by atoms with Gasteiger partial charge >= 0.3 is 0 Å². The Hall–Kier alpha value is -0.900. The van der Waals surface area contributed by atoms with Crippen LogP contribution in [0.2, 0.25) is 0 Å². The zero-order valence-electron chi connectivity index (χ0n) is 16.6. The van der Waals surface area contributed by atoms with Crippen LogP contribution in [0.1, 0.15) is 52.9 Å². The Morgan fingerprint density at radius 3 is 2.50 bits per heavy atom. The second-order valence-electron chi connectivity index (χ2n) is 6.72. The molecule has 2 N–H and O–H groups in total. The molecule has 0 bridgehead atoms. The van der Waals surface area contributed by atoms with E-state index < -0.39 is 0 Å². The summed E-state index contributed by atoms with van der Waals surface area (Å²) in [7, 11) is 1.84. The lowest BCUT2D eigenvalue weighted by Gasteiger charge is -2.55. The highest BCUT2D eigenvalue weighted by atomic mass is 127. The first-order valence-electron chi connectivity index (χ1n) is 9.61. The predicted molar refractivity (Wildman–Crippen MR) is 116 cm³/mol. The third-order valence-corrected chi connectivity index (χ3v) is 5.61. The fraction of sp³-hybridized carbons (Fsp3) is 0.833. The molecule has 0 radical (unpaired) electrons. The summed E-state index contributed by atoms with van der Waals surface area (Å²) in [6, 6.07) is 0.433. The fourth-order valence-corrected chi connectivity index (χ4v) is 3.91. The van der Waals surface area contributed by atoms with Crippen molar-refractivity contribution < 1.29 is 4.74 Å². The summed E-state index contributed by atoms with van der Waals surface area (Å²) < 4.78 is 7.96. The molecule has 2 unspecified atom stereocenters. The molecule has 2 atom stereocenters. The third-order valence-electron chi connectivity index (χ3n) is 5.61. The lowest BCUT2D eigenvalue weighted by molar-refractivity contribution is -0.133. The van der Waals surface area contributed by atoms with Gasteiger partial charge in [0.25, 0.3) is 0 Å². The Kier molecular flexibility index (Phi) is 10.4. The van der Waals surface area contributed by atoms with Gasteiger partial charge < -0.3 is 19.9 Å². The third kappa shape index (κ3) is 5.55. The van der Waals surface area contributed by atoms with E-state index in [1.54, 1.807) is 12.7 Å². The number of aromatic nitrogens is 3. The van der Waals surface area contributed by atoms with Crippen molar-refractivity contribution in [3.05, 3.63) is 12.7 Å². The maximum atomic E-state index is 5.96. The average molecular weight is 478 g/mol. The van der Waals surface area contributed by atoms with Gasteiger partial charge in [0.05, 0.1) is 6.10 Å². The standard InChI is InChI=1S/C18H34N6O.HI/c1-5-18(6-2)15(12-16(18)25-7-3)23-17(19-4)20-10-8-9-11-24-13-21-22-14-24;/h13-16H,5-12H2,1-4H3,(H2,19,20,23);1H. The highest BCUT2D eigenvalue weighted by Crippen LogP contribution is 2.48. The molecular formula is C18H35IN6O. The van der Waals surface area contributed by atoms with Crippen LogP contribution in [0.3, 0.4) is 0 Å². The Morgan fingerprint density at radius 2 is 1.92 bits per heavy atom.